The lowest BCUT2D eigenvalue weighted by Crippen LogP contribution is -2.37. The summed E-state index contributed by atoms with van der Waals surface area (Å²) in [6, 6.07) is 0.306. The Kier molecular flexibility index (Phi) is 5.22. The van der Waals surface area contributed by atoms with E-state index in [0.29, 0.717) is 24.5 Å². The van der Waals surface area contributed by atoms with Gasteiger partial charge in [-0.1, -0.05) is 6.92 Å². The van der Waals surface area contributed by atoms with Gasteiger partial charge < -0.3 is 15.4 Å². The second-order valence-electron chi connectivity index (χ2n) is 5.26. The highest BCUT2D eigenvalue weighted by Gasteiger charge is 2.42. The summed E-state index contributed by atoms with van der Waals surface area (Å²) in [6.07, 6.45) is 2.32. The SMILES string of the molecule is COCC(C)C(=O)N1CC2CCC(N)C2C1.Cl. The van der Waals surface area contributed by atoms with Gasteiger partial charge >= 0.3 is 0 Å². The Morgan fingerprint density at radius 3 is 2.76 bits per heavy atom. The molecule has 2 N–H and O–H groups in total. The van der Waals surface area contributed by atoms with Gasteiger partial charge in [-0.2, -0.15) is 0 Å². The van der Waals surface area contributed by atoms with Gasteiger partial charge in [0.1, 0.15) is 0 Å². The average molecular weight is 263 g/mol. The van der Waals surface area contributed by atoms with Crippen molar-refractivity contribution in [3.8, 4) is 0 Å². The number of fused-ring (bicyclic) bond motifs is 1. The fourth-order valence-corrected chi connectivity index (χ4v) is 3.12. The lowest BCUT2D eigenvalue weighted by atomic mass is 9.98. The number of hydrogen-bond acceptors (Lipinski definition) is 3. The predicted octanol–water partition coefficient (Wildman–Crippen LogP) is 0.886. The second kappa shape index (κ2) is 6.03. The number of carbonyl (C=O) groups is 1. The first-order valence-electron chi connectivity index (χ1n) is 6.16. The first-order valence-corrected chi connectivity index (χ1v) is 6.16. The van der Waals surface area contributed by atoms with Crippen LogP contribution < -0.4 is 5.73 Å². The second-order valence-corrected chi connectivity index (χ2v) is 5.26. The molecule has 0 aromatic rings. The Morgan fingerprint density at radius 1 is 1.47 bits per heavy atom. The molecule has 0 spiro atoms. The van der Waals surface area contributed by atoms with Crippen molar-refractivity contribution in [3.05, 3.63) is 0 Å². The highest BCUT2D eigenvalue weighted by atomic mass is 35.5. The van der Waals surface area contributed by atoms with Gasteiger partial charge in [-0.3, -0.25) is 4.79 Å². The molecule has 4 nitrogen and oxygen atoms in total. The minimum absolute atomic E-state index is 0. The van der Waals surface area contributed by atoms with Crippen molar-refractivity contribution in [2.24, 2.45) is 23.5 Å². The molecule has 0 bridgehead atoms. The third-order valence-electron chi connectivity index (χ3n) is 4.06. The van der Waals surface area contributed by atoms with Crippen LogP contribution in [0, 0.1) is 17.8 Å². The highest BCUT2D eigenvalue weighted by Crippen LogP contribution is 2.37. The molecule has 1 aliphatic heterocycles. The van der Waals surface area contributed by atoms with Crippen LogP contribution in [0.3, 0.4) is 0 Å². The minimum Gasteiger partial charge on any atom is -0.384 e. The number of hydrogen-bond donors (Lipinski definition) is 1. The Labute approximate surface area is 109 Å². The maximum Gasteiger partial charge on any atom is 0.227 e. The number of nitrogens with two attached hydrogens (primary N) is 1. The molecule has 2 rings (SSSR count). The normalized spacial score (nSPS) is 33.1. The molecule has 0 radical (unpaired) electrons. The summed E-state index contributed by atoms with van der Waals surface area (Å²) in [4.78, 5) is 14.1. The molecule has 100 valence electrons. The van der Waals surface area contributed by atoms with Gasteiger partial charge in [-0.15, -0.1) is 12.4 Å². The van der Waals surface area contributed by atoms with Crippen molar-refractivity contribution in [2.75, 3.05) is 26.8 Å². The summed E-state index contributed by atoms with van der Waals surface area (Å²) < 4.78 is 5.03. The van der Waals surface area contributed by atoms with Gasteiger partial charge in [0.2, 0.25) is 5.91 Å². The van der Waals surface area contributed by atoms with Crippen LogP contribution in [0.2, 0.25) is 0 Å². The van der Waals surface area contributed by atoms with Gasteiger partial charge in [0.15, 0.2) is 0 Å². The van der Waals surface area contributed by atoms with E-state index in [-0.39, 0.29) is 24.2 Å². The highest BCUT2D eigenvalue weighted by molar-refractivity contribution is 5.85. The van der Waals surface area contributed by atoms with E-state index in [1.165, 1.54) is 6.42 Å². The number of likely N-dealkylation sites (tertiary alicyclic amines) is 1. The van der Waals surface area contributed by atoms with Crippen molar-refractivity contribution >= 4 is 18.3 Å². The topological polar surface area (TPSA) is 55.6 Å². The van der Waals surface area contributed by atoms with Crippen LogP contribution in [-0.2, 0) is 9.53 Å². The van der Waals surface area contributed by atoms with Crippen LogP contribution in [0.4, 0.5) is 0 Å². The van der Waals surface area contributed by atoms with Crippen LogP contribution in [0.15, 0.2) is 0 Å². The molecule has 1 amide bonds. The molecule has 0 aromatic carbocycles. The number of halogens is 1. The lowest BCUT2D eigenvalue weighted by molar-refractivity contribution is -0.135. The van der Waals surface area contributed by atoms with Gasteiger partial charge in [-0.05, 0) is 24.7 Å². The minimum atomic E-state index is -0.0277. The maximum atomic E-state index is 12.1. The summed E-state index contributed by atoms with van der Waals surface area (Å²) in [6.45, 7) is 4.21. The fraction of sp³-hybridized carbons (Fsp3) is 0.917. The van der Waals surface area contributed by atoms with E-state index >= 15 is 0 Å². The van der Waals surface area contributed by atoms with Crippen LogP contribution in [0.1, 0.15) is 19.8 Å². The number of methoxy groups -OCH3 is 1. The number of rotatable bonds is 3. The van der Waals surface area contributed by atoms with E-state index in [4.69, 9.17) is 10.5 Å². The molecule has 2 aliphatic rings. The van der Waals surface area contributed by atoms with E-state index in [9.17, 15) is 4.79 Å². The van der Waals surface area contributed by atoms with Crippen molar-refractivity contribution in [3.63, 3.8) is 0 Å². The molecular formula is C12H23ClN2O2. The third kappa shape index (κ3) is 2.92. The first-order chi connectivity index (χ1) is 7.63. The van der Waals surface area contributed by atoms with E-state index in [1.54, 1.807) is 7.11 Å². The Bertz CT molecular complexity index is 275. The molecule has 2 fully saturated rings. The van der Waals surface area contributed by atoms with E-state index in [0.717, 1.165) is 19.5 Å². The van der Waals surface area contributed by atoms with Crippen molar-refractivity contribution in [1.82, 2.24) is 4.90 Å². The van der Waals surface area contributed by atoms with Crippen molar-refractivity contribution in [2.45, 2.75) is 25.8 Å². The van der Waals surface area contributed by atoms with Crippen LogP contribution in [0.5, 0.6) is 0 Å². The zero-order valence-electron chi connectivity index (χ0n) is 10.6. The van der Waals surface area contributed by atoms with Crippen LogP contribution >= 0.6 is 12.4 Å². The fourth-order valence-electron chi connectivity index (χ4n) is 3.12. The van der Waals surface area contributed by atoms with Crippen molar-refractivity contribution in [1.29, 1.82) is 0 Å². The van der Waals surface area contributed by atoms with E-state index in [1.807, 2.05) is 11.8 Å². The third-order valence-corrected chi connectivity index (χ3v) is 4.06. The summed E-state index contributed by atoms with van der Waals surface area (Å²) in [5, 5.41) is 0. The lowest BCUT2D eigenvalue weighted by Gasteiger charge is -2.22. The Balaban J connectivity index is 0.00000144. The smallest absolute Gasteiger partial charge is 0.227 e. The van der Waals surface area contributed by atoms with Gasteiger partial charge in [0.05, 0.1) is 12.5 Å². The molecule has 17 heavy (non-hydrogen) atoms. The van der Waals surface area contributed by atoms with Gasteiger partial charge in [0, 0.05) is 26.2 Å². The number of ether oxygens (including phenoxy) is 1. The van der Waals surface area contributed by atoms with E-state index in [2.05, 4.69) is 0 Å². The van der Waals surface area contributed by atoms with E-state index < -0.39 is 0 Å². The average Bonchev–Trinajstić information content (AvgIpc) is 2.81. The standard InChI is InChI=1S/C12H22N2O2.ClH/c1-8(7-16-2)12(15)14-5-9-3-4-11(13)10(9)6-14;/h8-11H,3-7,13H2,1-2H3;1H. The molecule has 0 aromatic heterocycles. The molecule has 4 atom stereocenters. The zero-order valence-corrected chi connectivity index (χ0v) is 11.4. The summed E-state index contributed by atoms with van der Waals surface area (Å²) in [5.74, 6) is 1.39. The summed E-state index contributed by atoms with van der Waals surface area (Å²) in [5.41, 5.74) is 6.05. The maximum absolute atomic E-state index is 12.1. The molecule has 1 heterocycles. The van der Waals surface area contributed by atoms with Gasteiger partial charge in [0.25, 0.3) is 0 Å². The molecular weight excluding hydrogens is 240 g/mol. The first kappa shape index (κ1) is 14.7. The number of carbonyl (C=O) groups excluding carboxylic acids is 1. The number of nitrogens with zero attached hydrogens (tertiary/aromatic N) is 1. The Hall–Kier alpha value is -0.320. The molecule has 5 heteroatoms. The predicted molar refractivity (Wildman–Crippen MR) is 69.1 cm³/mol. The van der Waals surface area contributed by atoms with Gasteiger partial charge in [-0.25, -0.2) is 0 Å². The summed E-state index contributed by atoms with van der Waals surface area (Å²) in [7, 11) is 1.64. The number of amides is 1. The monoisotopic (exact) mass is 262 g/mol. The molecule has 4 unspecified atom stereocenters. The zero-order chi connectivity index (χ0) is 11.7. The molecule has 1 saturated carbocycles. The summed E-state index contributed by atoms with van der Waals surface area (Å²) >= 11 is 0. The Morgan fingerprint density at radius 2 is 2.18 bits per heavy atom. The largest absolute Gasteiger partial charge is 0.384 e. The van der Waals surface area contributed by atoms with Crippen molar-refractivity contribution < 1.29 is 9.53 Å². The van der Waals surface area contributed by atoms with Crippen LogP contribution in [-0.4, -0.2) is 43.7 Å². The van der Waals surface area contributed by atoms with Crippen LogP contribution in [0.25, 0.3) is 0 Å². The quantitative estimate of drug-likeness (QED) is 0.822. The molecule has 1 saturated heterocycles. The molecule has 1 aliphatic carbocycles.